The molecule has 0 amide bonds. The van der Waals surface area contributed by atoms with Gasteiger partial charge in [-0.2, -0.15) is 5.10 Å². The first kappa shape index (κ1) is 15.9. The van der Waals surface area contributed by atoms with E-state index in [0.717, 1.165) is 16.9 Å². The number of aryl methyl sites for hydroxylation is 1. The lowest BCUT2D eigenvalue weighted by molar-refractivity contribution is -0.136. The maximum atomic E-state index is 11.3. The van der Waals surface area contributed by atoms with Crippen molar-refractivity contribution in [3.05, 3.63) is 66.6 Å². The predicted octanol–water partition coefficient (Wildman–Crippen LogP) is 3.11. The fourth-order valence-electron chi connectivity index (χ4n) is 2.93. The Morgan fingerprint density at radius 2 is 1.92 bits per heavy atom. The molecule has 0 saturated carbocycles. The minimum Gasteiger partial charge on any atom is -0.481 e. The van der Waals surface area contributed by atoms with Crippen LogP contribution in [-0.2, 0) is 18.3 Å². The molecule has 0 unspecified atom stereocenters. The summed E-state index contributed by atoms with van der Waals surface area (Å²) in [5.74, 6) is -0.282. The average molecular weight is 347 g/mol. The second-order valence-electron chi connectivity index (χ2n) is 5.96. The van der Waals surface area contributed by atoms with E-state index in [2.05, 4.69) is 15.4 Å². The maximum absolute atomic E-state index is 11.3. The van der Waals surface area contributed by atoms with Crippen LogP contribution in [0.1, 0.15) is 5.69 Å². The number of carboxylic acids is 1. The molecule has 0 radical (unpaired) electrons. The van der Waals surface area contributed by atoms with Gasteiger partial charge in [-0.1, -0.05) is 18.2 Å². The van der Waals surface area contributed by atoms with E-state index in [4.69, 9.17) is 0 Å². The van der Waals surface area contributed by atoms with Crippen molar-refractivity contribution in [3.63, 3.8) is 0 Å². The molecule has 1 aromatic carbocycles. The monoisotopic (exact) mass is 347 g/mol. The number of para-hydroxylation sites is 1. The minimum absolute atomic E-state index is 0.168. The summed E-state index contributed by atoms with van der Waals surface area (Å²) < 4.78 is 3.60. The van der Waals surface area contributed by atoms with Crippen molar-refractivity contribution < 1.29 is 9.90 Å². The van der Waals surface area contributed by atoms with E-state index in [1.54, 1.807) is 4.68 Å². The number of aliphatic carboxylic acids is 1. The van der Waals surface area contributed by atoms with E-state index in [9.17, 15) is 9.90 Å². The molecule has 4 aromatic rings. The van der Waals surface area contributed by atoms with Crippen molar-refractivity contribution in [1.29, 1.82) is 0 Å². The Morgan fingerprint density at radius 3 is 2.62 bits per heavy atom. The van der Waals surface area contributed by atoms with Crippen LogP contribution in [-0.4, -0.2) is 30.2 Å². The first-order valence-electron chi connectivity index (χ1n) is 8.15. The molecule has 7 heteroatoms. The fourth-order valence-corrected chi connectivity index (χ4v) is 2.93. The van der Waals surface area contributed by atoms with Gasteiger partial charge in [-0.3, -0.25) is 13.9 Å². The molecule has 0 aliphatic heterocycles. The van der Waals surface area contributed by atoms with Crippen molar-refractivity contribution in [2.75, 3.05) is 5.32 Å². The Bertz CT molecular complexity index is 1080. The number of rotatable bonds is 5. The third-order valence-corrected chi connectivity index (χ3v) is 4.07. The lowest BCUT2D eigenvalue weighted by atomic mass is 10.2. The molecule has 26 heavy (non-hydrogen) atoms. The molecule has 0 bridgehead atoms. The van der Waals surface area contributed by atoms with Crippen LogP contribution in [0.2, 0.25) is 0 Å². The third kappa shape index (κ3) is 2.90. The van der Waals surface area contributed by atoms with Crippen LogP contribution < -0.4 is 5.32 Å². The van der Waals surface area contributed by atoms with Gasteiger partial charge < -0.3 is 10.4 Å². The number of carbonyl (C=O) groups is 1. The number of hydrogen-bond acceptors (Lipinski definition) is 4. The molecular weight excluding hydrogens is 330 g/mol. The topological polar surface area (TPSA) is 84.5 Å². The van der Waals surface area contributed by atoms with Crippen molar-refractivity contribution in [1.82, 2.24) is 19.2 Å². The quantitative estimate of drug-likeness (QED) is 0.579. The first-order valence-corrected chi connectivity index (χ1v) is 8.15. The number of fused-ring (bicyclic) bond motifs is 1. The number of pyridine rings is 1. The molecule has 3 aromatic heterocycles. The highest BCUT2D eigenvalue weighted by Crippen LogP contribution is 2.29. The Labute approximate surface area is 149 Å². The number of benzene rings is 1. The molecule has 0 aliphatic carbocycles. The van der Waals surface area contributed by atoms with Crippen LogP contribution in [0.5, 0.6) is 0 Å². The largest absolute Gasteiger partial charge is 0.481 e. The van der Waals surface area contributed by atoms with Crippen molar-refractivity contribution in [2.45, 2.75) is 6.42 Å². The molecule has 0 saturated heterocycles. The van der Waals surface area contributed by atoms with Crippen molar-refractivity contribution in [3.8, 4) is 11.3 Å². The normalized spacial score (nSPS) is 11.0. The Morgan fingerprint density at radius 1 is 1.12 bits per heavy atom. The van der Waals surface area contributed by atoms with E-state index in [1.165, 1.54) is 0 Å². The highest BCUT2D eigenvalue weighted by molar-refractivity contribution is 5.80. The summed E-state index contributed by atoms with van der Waals surface area (Å²) >= 11 is 0. The third-order valence-electron chi connectivity index (χ3n) is 4.07. The van der Waals surface area contributed by atoms with Crippen LogP contribution in [0.4, 0.5) is 11.5 Å². The minimum atomic E-state index is -0.927. The van der Waals surface area contributed by atoms with Gasteiger partial charge in [-0.15, -0.1) is 0 Å². The standard InChI is InChI=1S/C19H17N5O2/c1-23-11-9-15(22-23)14-8-5-10-24-18(14)21-16(12-17(25)26)19(24)20-13-6-3-2-4-7-13/h2-11,20H,12H2,1H3,(H,25,26). The Hall–Kier alpha value is -3.61. The van der Waals surface area contributed by atoms with Crippen LogP contribution in [0.25, 0.3) is 16.9 Å². The first-order chi connectivity index (χ1) is 12.6. The van der Waals surface area contributed by atoms with Crippen LogP contribution in [0.3, 0.4) is 0 Å². The van der Waals surface area contributed by atoms with Gasteiger partial charge >= 0.3 is 5.97 Å². The average Bonchev–Trinajstić information content (AvgIpc) is 3.20. The zero-order valence-corrected chi connectivity index (χ0v) is 14.1. The maximum Gasteiger partial charge on any atom is 0.309 e. The summed E-state index contributed by atoms with van der Waals surface area (Å²) in [6.45, 7) is 0. The summed E-state index contributed by atoms with van der Waals surface area (Å²) in [5, 5.41) is 17.0. The molecule has 130 valence electrons. The molecule has 7 nitrogen and oxygen atoms in total. The molecular formula is C19H17N5O2. The lowest BCUT2D eigenvalue weighted by Crippen LogP contribution is -2.04. The SMILES string of the molecule is Cn1ccc(-c2cccn3c(Nc4ccccc4)c(CC(=O)O)nc23)n1. The Kier molecular flexibility index (Phi) is 3.89. The molecule has 0 atom stereocenters. The molecule has 0 fully saturated rings. The number of carboxylic acid groups (broad SMARTS) is 1. The van der Waals surface area contributed by atoms with Gasteiger partial charge in [-0.25, -0.2) is 4.98 Å². The van der Waals surface area contributed by atoms with Crippen LogP contribution in [0.15, 0.2) is 60.9 Å². The van der Waals surface area contributed by atoms with E-state index in [0.29, 0.717) is 17.2 Å². The summed E-state index contributed by atoms with van der Waals surface area (Å²) in [6, 6.07) is 15.4. The zero-order valence-electron chi connectivity index (χ0n) is 14.1. The molecule has 0 aliphatic rings. The van der Waals surface area contributed by atoms with E-state index < -0.39 is 5.97 Å². The van der Waals surface area contributed by atoms with Gasteiger partial charge in [0, 0.05) is 30.7 Å². The molecule has 4 rings (SSSR count). The van der Waals surface area contributed by atoms with Gasteiger partial charge in [0.1, 0.15) is 11.5 Å². The van der Waals surface area contributed by atoms with Gasteiger partial charge in [0.2, 0.25) is 0 Å². The van der Waals surface area contributed by atoms with Crippen molar-refractivity contribution >= 4 is 23.1 Å². The summed E-state index contributed by atoms with van der Waals surface area (Å²) in [7, 11) is 1.85. The Balaban J connectivity index is 1.89. The summed E-state index contributed by atoms with van der Waals surface area (Å²) in [4.78, 5) is 15.9. The number of anilines is 2. The fraction of sp³-hybridized carbons (Fsp3) is 0.105. The second kappa shape index (κ2) is 6.36. The summed E-state index contributed by atoms with van der Waals surface area (Å²) in [5.41, 5.74) is 3.65. The predicted molar refractivity (Wildman–Crippen MR) is 98.5 cm³/mol. The van der Waals surface area contributed by atoms with E-state index in [1.807, 2.05) is 72.4 Å². The second-order valence-corrected chi connectivity index (χ2v) is 5.96. The smallest absolute Gasteiger partial charge is 0.309 e. The lowest BCUT2D eigenvalue weighted by Gasteiger charge is -2.08. The summed E-state index contributed by atoms with van der Waals surface area (Å²) in [6.07, 6.45) is 3.56. The van der Waals surface area contributed by atoms with Crippen LogP contribution >= 0.6 is 0 Å². The van der Waals surface area contributed by atoms with Crippen molar-refractivity contribution in [2.24, 2.45) is 7.05 Å². The number of nitrogens with one attached hydrogen (secondary N) is 1. The highest BCUT2D eigenvalue weighted by atomic mass is 16.4. The molecule has 0 spiro atoms. The molecule has 3 heterocycles. The van der Waals surface area contributed by atoms with Crippen LogP contribution in [0, 0.1) is 0 Å². The number of imidazole rings is 1. The van der Waals surface area contributed by atoms with E-state index >= 15 is 0 Å². The number of nitrogens with zero attached hydrogens (tertiary/aromatic N) is 4. The number of aromatic nitrogens is 4. The zero-order chi connectivity index (χ0) is 18.1. The van der Waals surface area contributed by atoms with Gasteiger partial charge in [0.15, 0.2) is 0 Å². The highest BCUT2D eigenvalue weighted by Gasteiger charge is 2.18. The van der Waals surface area contributed by atoms with Gasteiger partial charge in [0.05, 0.1) is 17.8 Å². The number of hydrogen-bond donors (Lipinski definition) is 2. The van der Waals surface area contributed by atoms with E-state index in [-0.39, 0.29) is 6.42 Å². The van der Waals surface area contributed by atoms with Gasteiger partial charge in [0.25, 0.3) is 0 Å². The molecule has 2 N–H and O–H groups in total. The van der Waals surface area contributed by atoms with Gasteiger partial charge in [-0.05, 0) is 30.3 Å².